The molecule has 7 nitrogen and oxygen atoms in total. The minimum Gasteiger partial charge on any atom is -0.477 e. The predicted octanol–water partition coefficient (Wildman–Crippen LogP) is 1.70. The highest BCUT2D eigenvalue weighted by Gasteiger charge is 2.24. The van der Waals surface area contributed by atoms with E-state index in [0.717, 1.165) is 0 Å². The quantitative estimate of drug-likeness (QED) is 0.860. The second-order valence-corrected chi connectivity index (χ2v) is 5.29. The van der Waals surface area contributed by atoms with E-state index in [1.807, 2.05) is 13.8 Å². The fourth-order valence-corrected chi connectivity index (χ4v) is 2.29. The number of hydrogen-bond acceptors (Lipinski definition) is 5. The topological polar surface area (TPSA) is 80.8 Å². The lowest BCUT2D eigenvalue weighted by molar-refractivity contribution is 0.0930. The molecule has 1 saturated heterocycles. The molecule has 22 heavy (non-hydrogen) atoms. The molecule has 120 valence electrons. The molecule has 2 rings (SSSR count). The molecule has 0 bridgehead atoms. The number of carbonyl (C=O) groups is 2. The van der Waals surface area contributed by atoms with Gasteiger partial charge < -0.3 is 19.7 Å². The zero-order valence-corrected chi connectivity index (χ0v) is 13.2. The number of aromatic nitrogens is 1. The summed E-state index contributed by atoms with van der Waals surface area (Å²) < 4.78 is 10.1. The Hall–Kier alpha value is -2.02. The number of ether oxygens (including phenoxy) is 2. The minimum absolute atomic E-state index is 0.219. The first kappa shape index (κ1) is 16.4. The second-order valence-electron chi connectivity index (χ2n) is 4.88. The van der Waals surface area contributed by atoms with E-state index >= 15 is 0 Å². The lowest BCUT2D eigenvalue weighted by Gasteiger charge is -2.19. The zero-order valence-electron chi connectivity index (χ0n) is 12.5. The second kappa shape index (κ2) is 7.31. The highest BCUT2D eigenvalue weighted by Crippen LogP contribution is 2.22. The molecule has 1 N–H and O–H groups in total. The van der Waals surface area contributed by atoms with Crippen LogP contribution in [-0.4, -0.2) is 54.2 Å². The van der Waals surface area contributed by atoms with Gasteiger partial charge in [0.1, 0.15) is 11.6 Å². The van der Waals surface area contributed by atoms with Gasteiger partial charge >= 0.3 is 6.09 Å². The van der Waals surface area contributed by atoms with Crippen LogP contribution in [0.3, 0.4) is 0 Å². The van der Waals surface area contributed by atoms with Crippen molar-refractivity contribution in [2.24, 2.45) is 0 Å². The van der Waals surface area contributed by atoms with Crippen LogP contribution in [0.1, 0.15) is 24.2 Å². The number of pyridine rings is 1. The van der Waals surface area contributed by atoms with E-state index in [0.29, 0.717) is 37.7 Å². The van der Waals surface area contributed by atoms with Gasteiger partial charge in [0.15, 0.2) is 0 Å². The molecule has 2 heterocycles. The average molecular weight is 328 g/mol. The molecule has 1 unspecified atom stereocenters. The maximum Gasteiger partial charge on any atom is 0.410 e. The summed E-state index contributed by atoms with van der Waals surface area (Å²) in [7, 11) is 0. The number of hydrogen-bond donors (Lipinski definition) is 1. The molecule has 0 radical (unpaired) electrons. The van der Waals surface area contributed by atoms with Crippen LogP contribution < -0.4 is 10.1 Å². The van der Waals surface area contributed by atoms with Gasteiger partial charge in [-0.05, 0) is 19.9 Å². The molecular formula is C14H18ClN3O4. The molecule has 1 atom stereocenters. The first-order chi connectivity index (χ1) is 10.5. The van der Waals surface area contributed by atoms with Gasteiger partial charge in [-0.1, -0.05) is 11.6 Å². The molecule has 0 aromatic carbocycles. The maximum absolute atomic E-state index is 12.1. The normalized spacial score (nSPS) is 15.4. The molecule has 1 aliphatic rings. The minimum atomic E-state index is -0.355. The number of halogens is 1. The van der Waals surface area contributed by atoms with Crippen molar-refractivity contribution in [2.75, 3.05) is 26.3 Å². The van der Waals surface area contributed by atoms with Gasteiger partial charge in [-0.25, -0.2) is 9.78 Å². The van der Waals surface area contributed by atoms with Crippen LogP contribution in [0.25, 0.3) is 0 Å². The molecule has 1 aromatic heterocycles. The number of nitrogens with one attached hydrogen (secondary N) is 1. The standard InChI is InChI=1S/C14H18ClN3O4/c1-3-21-13-11(15)6-10(7-16-13)12(19)17-9(2)8-18-4-5-22-14(18)20/h6-7,9H,3-5,8H2,1-2H3,(H,17,19). The number of carbonyl (C=O) groups excluding carboxylic acids is 2. The van der Waals surface area contributed by atoms with Crippen molar-refractivity contribution in [1.29, 1.82) is 0 Å². The third kappa shape index (κ3) is 4.00. The van der Waals surface area contributed by atoms with Crippen molar-refractivity contribution in [2.45, 2.75) is 19.9 Å². The van der Waals surface area contributed by atoms with Crippen molar-refractivity contribution >= 4 is 23.6 Å². The number of amides is 2. The lowest BCUT2D eigenvalue weighted by Crippen LogP contribution is -2.42. The van der Waals surface area contributed by atoms with E-state index in [9.17, 15) is 9.59 Å². The Labute approximate surface area is 133 Å². The summed E-state index contributed by atoms with van der Waals surface area (Å²) >= 11 is 6.01. The highest BCUT2D eigenvalue weighted by molar-refractivity contribution is 6.32. The zero-order chi connectivity index (χ0) is 16.1. The third-order valence-corrected chi connectivity index (χ3v) is 3.34. The molecule has 1 aromatic rings. The summed E-state index contributed by atoms with van der Waals surface area (Å²) in [6, 6.07) is 1.29. The van der Waals surface area contributed by atoms with Gasteiger partial charge in [-0.15, -0.1) is 0 Å². The summed E-state index contributed by atoms with van der Waals surface area (Å²) in [6.07, 6.45) is 1.05. The lowest BCUT2D eigenvalue weighted by atomic mass is 10.2. The molecule has 8 heteroatoms. The highest BCUT2D eigenvalue weighted by atomic mass is 35.5. The molecule has 1 aliphatic heterocycles. The summed E-state index contributed by atoms with van der Waals surface area (Å²) in [5.41, 5.74) is 0.337. The Morgan fingerprint density at radius 3 is 3.00 bits per heavy atom. The number of cyclic esters (lactones) is 1. The molecular weight excluding hydrogens is 310 g/mol. The van der Waals surface area contributed by atoms with E-state index in [4.69, 9.17) is 21.1 Å². The summed E-state index contributed by atoms with van der Waals surface area (Å²) in [6.45, 7) is 5.40. The first-order valence-electron chi connectivity index (χ1n) is 7.02. The number of nitrogens with zero attached hydrogens (tertiary/aromatic N) is 2. The SMILES string of the molecule is CCOc1ncc(C(=O)NC(C)CN2CCOC2=O)cc1Cl. The monoisotopic (exact) mass is 327 g/mol. The smallest absolute Gasteiger partial charge is 0.410 e. The van der Waals surface area contributed by atoms with Crippen LogP contribution in [0.5, 0.6) is 5.88 Å². The molecule has 0 saturated carbocycles. The third-order valence-electron chi connectivity index (χ3n) is 3.07. The predicted molar refractivity (Wildman–Crippen MR) is 80.3 cm³/mol. The Morgan fingerprint density at radius 2 is 2.41 bits per heavy atom. The van der Waals surface area contributed by atoms with Crippen LogP contribution in [0, 0.1) is 0 Å². The van der Waals surface area contributed by atoms with Crippen molar-refractivity contribution in [3.8, 4) is 5.88 Å². The van der Waals surface area contributed by atoms with Crippen molar-refractivity contribution in [3.05, 3.63) is 22.8 Å². The van der Waals surface area contributed by atoms with Gasteiger partial charge in [0, 0.05) is 18.8 Å². The molecule has 0 spiro atoms. The summed E-state index contributed by atoms with van der Waals surface area (Å²) in [5, 5.41) is 3.08. The Kier molecular flexibility index (Phi) is 5.43. The first-order valence-corrected chi connectivity index (χ1v) is 7.40. The van der Waals surface area contributed by atoms with Crippen molar-refractivity contribution in [1.82, 2.24) is 15.2 Å². The molecule has 0 aliphatic carbocycles. The number of rotatable bonds is 6. The van der Waals surface area contributed by atoms with Crippen LogP contribution in [-0.2, 0) is 4.74 Å². The Bertz CT molecular complexity index is 567. The van der Waals surface area contributed by atoms with Gasteiger partial charge in [-0.3, -0.25) is 4.79 Å². The maximum atomic E-state index is 12.1. The van der Waals surface area contributed by atoms with E-state index in [1.165, 1.54) is 12.3 Å². The van der Waals surface area contributed by atoms with E-state index in [-0.39, 0.29) is 23.1 Å². The van der Waals surface area contributed by atoms with E-state index in [2.05, 4.69) is 10.3 Å². The largest absolute Gasteiger partial charge is 0.477 e. The summed E-state index contributed by atoms with van der Waals surface area (Å²) in [5.74, 6) is -0.00825. The van der Waals surface area contributed by atoms with Crippen molar-refractivity contribution in [3.63, 3.8) is 0 Å². The Balaban J connectivity index is 1.93. The molecule has 2 amide bonds. The van der Waals surface area contributed by atoms with Crippen LogP contribution in [0.15, 0.2) is 12.3 Å². The van der Waals surface area contributed by atoms with Gasteiger partial charge in [0.2, 0.25) is 5.88 Å². The fraction of sp³-hybridized carbons (Fsp3) is 0.500. The molecule has 1 fully saturated rings. The Morgan fingerprint density at radius 1 is 1.64 bits per heavy atom. The van der Waals surface area contributed by atoms with E-state index in [1.54, 1.807) is 4.90 Å². The van der Waals surface area contributed by atoms with Gasteiger partial charge in [0.05, 0.1) is 18.7 Å². The van der Waals surface area contributed by atoms with Crippen LogP contribution >= 0.6 is 11.6 Å². The van der Waals surface area contributed by atoms with Crippen LogP contribution in [0.4, 0.5) is 4.79 Å². The fourth-order valence-electron chi connectivity index (χ4n) is 2.07. The average Bonchev–Trinajstić information content (AvgIpc) is 2.86. The van der Waals surface area contributed by atoms with Gasteiger partial charge in [0.25, 0.3) is 5.91 Å². The summed E-state index contributed by atoms with van der Waals surface area (Å²) in [4.78, 5) is 29.1. The van der Waals surface area contributed by atoms with Crippen molar-refractivity contribution < 1.29 is 19.1 Å². The van der Waals surface area contributed by atoms with Crippen LogP contribution in [0.2, 0.25) is 5.02 Å². The van der Waals surface area contributed by atoms with E-state index < -0.39 is 0 Å². The van der Waals surface area contributed by atoms with Gasteiger partial charge in [-0.2, -0.15) is 0 Å².